The van der Waals surface area contributed by atoms with E-state index >= 15 is 0 Å². The van der Waals surface area contributed by atoms with Gasteiger partial charge in [0, 0.05) is 11.8 Å². The van der Waals surface area contributed by atoms with Gasteiger partial charge in [0.15, 0.2) is 17.0 Å². The molecule has 0 saturated heterocycles. The lowest BCUT2D eigenvalue weighted by Crippen LogP contribution is -2.35. The second-order valence-electron chi connectivity index (χ2n) is 5.91. The molecule has 0 bridgehead atoms. The zero-order valence-electron chi connectivity index (χ0n) is 14.9. The first-order valence-corrected chi connectivity index (χ1v) is 8.18. The summed E-state index contributed by atoms with van der Waals surface area (Å²) in [5.41, 5.74) is -0.622. The second-order valence-corrected chi connectivity index (χ2v) is 6.32. The Morgan fingerprint density at radius 1 is 1.38 bits per heavy atom. The molecule has 2 N–H and O–H groups in total. The summed E-state index contributed by atoms with van der Waals surface area (Å²) in [6.07, 6.45) is 2.81. The molecule has 0 saturated carbocycles. The van der Waals surface area contributed by atoms with Gasteiger partial charge in [0.25, 0.3) is 5.91 Å². The van der Waals surface area contributed by atoms with Crippen molar-refractivity contribution < 1.29 is 24.2 Å². The van der Waals surface area contributed by atoms with Crippen LogP contribution in [0.25, 0.3) is 0 Å². The molecular weight excluding hydrogens is 362 g/mol. The zero-order chi connectivity index (χ0) is 19.5. The highest BCUT2D eigenvalue weighted by atomic mass is 35.5. The highest BCUT2D eigenvalue weighted by Crippen LogP contribution is 2.36. The molecular formula is C17H20ClN3O5. The van der Waals surface area contributed by atoms with Crippen molar-refractivity contribution in [3.63, 3.8) is 0 Å². The fourth-order valence-electron chi connectivity index (χ4n) is 2.13. The lowest BCUT2D eigenvalue weighted by molar-refractivity contribution is -0.146. The quantitative estimate of drug-likeness (QED) is 0.764. The van der Waals surface area contributed by atoms with Crippen LogP contribution in [-0.2, 0) is 10.3 Å². The number of amides is 1. The molecule has 2 rings (SSSR count). The van der Waals surface area contributed by atoms with E-state index in [1.807, 2.05) is 6.92 Å². The van der Waals surface area contributed by atoms with Crippen molar-refractivity contribution in [3.05, 3.63) is 35.1 Å². The summed E-state index contributed by atoms with van der Waals surface area (Å²) in [5, 5.41) is 16.1. The van der Waals surface area contributed by atoms with Crippen LogP contribution in [0.4, 0.5) is 5.69 Å². The third-order valence-electron chi connectivity index (χ3n) is 3.72. The van der Waals surface area contributed by atoms with Gasteiger partial charge in [0.1, 0.15) is 0 Å². The number of aliphatic carboxylic acids is 1. The van der Waals surface area contributed by atoms with Crippen LogP contribution in [0.5, 0.6) is 11.5 Å². The molecule has 1 aromatic carbocycles. The number of halogens is 1. The number of nitrogens with zero attached hydrogens (tertiary/aromatic N) is 2. The molecule has 0 aliphatic carbocycles. The molecule has 1 aromatic heterocycles. The number of carbonyl (C=O) groups is 2. The predicted octanol–water partition coefficient (Wildman–Crippen LogP) is 3.02. The van der Waals surface area contributed by atoms with E-state index in [1.165, 1.54) is 50.2 Å². The average Bonchev–Trinajstić information content (AvgIpc) is 3.05. The van der Waals surface area contributed by atoms with Gasteiger partial charge in [-0.25, -0.2) is 4.79 Å². The first-order valence-electron chi connectivity index (χ1n) is 7.81. The van der Waals surface area contributed by atoms with Gasteiger partial charge < -0.3 is 19.9 Å². The zero-order valence-corrected chi connectivity index (χ0v) is 15.6. The van der Waals surface area contributed by atoms with Crippen molar-refractivity contribution in [2.45, 2.75) is 26.3 Å². The number of rotatable bonds is 7. The number of ether oxygens (including phenoxy) is 2. The summed E-state index contributed by atoms with van der Waals surface area (Å²) in [5.74, 6) is -0.779. The maximum atomic E-state index is 12.5. The molecule has 0 fully saturated rings. The minimum absolute atomic E-state index is 0.249. The highest BCUT2D eigenvalue weighted by Gasteiger charge is 2.30. The van der Waals surface area contributed by atoms with Crippen LogP contribution < -0.4 is 14.8 Å². The van der Waals surface area contributed by atoms with Crippen molar-refractivity contribution in [2.75, 3.05) is 19.0 Å². The van der Waals surface area contributed by atoms with Gasteiger partial charge in [-0.1, -0.05) is 11.6 Å². The number of nitrogens with one attached hydrogen (secondary N) is 1. The van der Waals surface area contributed by atoms with Crippen LogP contribution >= 0.6 is 11.6 Å². The molecule has 0 unspecified atom stereocenters. The number of hydrogen-bond donors (Lipinski definition) is 2. The normalized spacial score (nSPS) is 11.1. The summed E-state index contributed by atoms with van der Waals surface area (Å²) in [4.78, 5) is 23.8. The Kier molecular flexibility index (Phi) is 5.76. The third kappa shape index (κ3) is 3.91. The van der Waals surface area contributed by atoms with E-state index < -0.39 is 17.4 Å². The van der Waals surface area contributed by atoms with Gasteiger partial charge in [-0.05, 0) is 32.9 Å². The van der Waals surface area contributed by atoms with E-state index in [-0.39, 0.29) is 10.6 Å². The summed E-state index contributed by atoms with van der Waals surface area (Å²) in [6, 6.07) is 2.98. The Morgan fingerprint density at radius 2 is 2.08 bits per heavy atom. The first kappa shape index (κ1) is 19.6. The maximum Gasteiger partial charge on any atom is 0.331 e. The molecule has 0 atom stereocenters. The number of carboxylic acid groups (broad SMARTS) is 1. The van der Waals surface area contributed by atoms with Gasteiger partial charge in [-0.15, -0.1) is 0 Å². The Bertz CT molecular complexity index is 832. The van der Waals surface area contributed by atoms with E-state index in [1.54, 1.807) is 0 Å². The molecule has 0 radical (unpaired) electrons. The van der Waals surface area contributed by atoms with Crippen LogP contribution in [0.15, 0.2) is 24.5 Å². The standard InChI is InChI=1S/C17H20ClN3O5/c1-5-26-14-12(18)6-10(7-13(14)25-4)15(22)20-11-8-19-21(9-11)17(2,3)16(23)24/h6-9H,5H2,1-4H3,(H,20,22)(H,23,24). The smallest absolute Gasteiger partial charge is 0.331 e. The van der Waals surface area contributed by atoms with Crippen LogP contribution in [0.2, 0.25) is 5.02 Å². The fourth-order valence-corrected chi connectivity index (χ4v) is 2.39. The van der Waals surface area contributed by atoms with Crippen LogP contribution in [0.3, 0.4) is 0 Å². The van der Waals surface area contributed by atoms with Gasteiger partial charge in [0.05, 0.1) is 30.6 Å². The molecule has 1 amide bonds. The Hall–Kier alpha value is -2.74. The van der Waals surface area contributed by atoms with E-state index in [4.69, 9.17) is 21.1 Å². The Morgan fingerprint density at radius 3 is 2.65 bits per heavy atom. The minimum Gasteiger partial charge on any atom is -0.493 e. The molecule has 9 heteroatoms. The molecule has 0 spiro atoms. The highest BCUT2D eigenvalue weighted by molar-refractivity contribution is 6.32. The predicted molar refractivity (Wildman–Crippen MR) is 96.3 cm³/mol. The van der Waals surface area contributed by atoms with Crippen molar-refractivity contribution in [2.24, 2.45) is 0 Å². The summed E-state index contributed by atoms with van der Waals surface area (Å²) in [6.45, 7) is 5.23. The number of methoxy groups -OCH3 is 1. The lowest BCUT2D eigenvalue weighted by Gasteiger charge is -2.19. The van der Waals surface area contributed by atoms with Crippen molar-refractivity contribution in [1.82, 2.24) is 9.78 Å². The van der Waals surface area contributed by atoms with Gasteiger partial charge >= 0.3 is 5.97 Å². The molecule has 0 aliphatic heterocycles. The van der Waals surface area contributed by atoms with Crippen LogP contribution in [0, 0.1) is 0 Å². The van der Waals surface area contributed by atoms with Gasteiger partial charge in [-0.3, -0.25) is 9.48 Å². The van der Waals surface area contributed by atoms with Crippen molar-refractivity contribution in [3.8, 4) is 11.5 Å². The van der Waals surface area contributed by atoms with E-state index in [0.717, 1.165) is 0 Å². The number of anilines is 1. The third-order valence-corrected chi connectivity index (χ3v) is 4.00. The fraction of sp³-hybridized carbons (Fsp3) is 0.353. The second kappa shape index (κ2) is 7.65. The van der Waals surface area contributed by atoms with Gasteiger partial charge in [-0.2, -0.15) is 5.10 Å². The number of carbonyl (C=O) groups excluding carboxylic acids is 1. The number of aromatic nitrogens is 2. The average molecular weight is 382 g/mol. The number of carboxylic acids is 1. The number of hydrogen-bond acceptors (Lipinski definition) is 5. The monoisotopic (exact) mass is 381 g/mol. The summed E-state index contributed by atoms with van der Waals surface area (Å²) >= 11 is 6.17. The van der Waals surface area contributed by atoms with Gasteiger partial charge in [0.2, 0.25) is 0 Å². The molecule has 0 aliphatic rings. The SMILES string of the molecule is CCOc1c(Cl)cc(C(=O)Nc2cnn(C(C)(C)C(=O)O)c2)cc1OC. The summed E-state index contributed by atoms with van der Waals surface area (Å²) < 4.78 is 11.9. The lowest BCUT2D eigenvalue weighted by atomic mass is 10.1. The molecule has 140 valence electrons. The maximum absolute atomic E-state index is 12.5. The Balaban J connectivity index is 2.24. The van der Waals surface area contributed by atoms with Crippen molar-refractivity contribution in [1.29, 1.82) is 0 Å². The number of benzene rings is 1. The van der Waals surface area contributed by atoms with E-state index in [0.29, 0.717) is 23.8 Å². The first-order chi connectivity index (χ1) is 12.2. The van der Waals surface area contributed by atoms with Crippen molar-refractivity contribution >= 4 is 29.2 Å². The largest absolute Gasteiger partial charge is 0.493 e. The summed E-state index contributed by atoms with van der Waals surface area (Å²) in [7, 11) is 1.45. The molecule has 1 heterocycles. The van der Waals surface area contributed by atoms with E-state index in [9.17, 15) is 14.7 Å². The van der Waals surface area contributed by atoms with Crippen LogP contribution in [0.1, 0.15) is 31.1 Å². The molecule has 8 nitrogen and oxygen atoms in total. The Labute approximate surface area is 155 Å². The topological polar surface area (TPSA) is 103 Å². The van der Waals surface area contributed by atoms with E-state index in [2.05, 4.69) is 10.4 Å². The van der Waals surface area contributed by atoms with Crippen LogP contribution in [-0.4, -0.2) is 40.5 Å². The molecule has 26 heavy (non-hydrogen) atoms. The molecule has 2 aromatic rings. The minimum atomic E-state index is -1.24.